The van der Waals surface area contributed by atoms with Gasteiger partial charge in [0.2, 0.25) is 0 Å². The maximum Gasteiger partial charge on any atom is 0.285 e. The zero-order chi connectivity index (χ0) is 16.6. The Bertz CT molecular complexity index is 640. The molecule has 0 saturated carbocycles. The molecule has 0 fully saturated rings. The van der Waals surface area contributed by atoms with Gasteiger partial charge in [0.25, 0.3) is 11.8 Å². The monoisotopic (exact) mass is 303 g/mol. The van der Waals surface area contributed by atoms with Gasteiger partial charge < -0.3 is 9.84 Å². The Hall–Kier alpha value is -3.25. The molecule has 0 spiro atoms. The average molecular weight is 303 g/mol. The van der Waals surface area contributed by atoms with Gasteiger partial charge in [-0.3, -0.25) is 0 Å². The molecule has 0 radical (unpaired) electrons. The molecule has 0 saturated heterocycles. The molecule has 0 aliphatic heterocycles. The number of hydrogen-bond donors (Lipinski definition) is 1. The van der Waals surface area contributed by atoms with E-state index < -0.39 is 17.2 Å². The fraction of sp³-hybridized carbons (Fsp3) is 0.455. The van der Waals surface area contributed by atoms with Crippen molar-refractivity contribution in [3.63, 3.8) is 0 Å². The van der Waals surface area contributed by atoms with Crippen molar-refractivity contribution in [1.29, 1.82) is 0 Å². The van der Waals surface area contributed by atoms with Crippen molar-refractivity contribution >= 4 is 0 Å². The number of ether oxygens (including phenoxy) is 1. The summed E-state index contributed by atoms with van der Waals surface area (Å²) >= 11 is 0. The van der Waals surface area contributed by atoms with E-state index in [-0.39, 0.29) is 6.54 Å². The first-order valence-electron chi connectivity index (χ1n) is 6.03. The molecule has 114 valence electrons. The van der Waals surface area contributed by atoms with Gasteiger partial charge in [0, 0.05) is 26.7 Å². The van der Waals surface area contributed by atoms with E-state index in [0.29, 0.717) is 5.57 Å². The van der Waals surface area contributed by atoms with Crippen LogP contribution in [-0.4, -0.2) is 17.5 Å². The normalized spacial score (nSPS) is 15.1. The van der Waals surface area contributed by atoms with Crippen LogP contribution in [0, 0.1) is 5.41 Å². The summed E-state index contributed by atoms with van der Waals surface area (Å²) in [6.45, 7) is 2.81. The summed E-state index contributed by atoms with van der Waals surface area (Å²) in [7, 11) is 0. The summed E-state index contributed by atoms with van der Waals surface area (Å²) < 4.78 is 5.27. The third-order valence-electron chi connectivity index (χ3n) is 2.92. The minimum Gasteiger partial charge on any atom is -0.481 e. The minimum atomic E-state index is -2.15. The van der Waals surface area contributed by atoms with Gasteiger partial charge >= 0.3 is 0 Å². The molecule has 1 rings (SSSR count). The van der Waals surface area contributed by atoms with Crippen LogP contribution in [-0.2, 0) is 4.74 Å². The van der Waals surface area contributed by atoms with Gasteiger partial charge in [-0.25, -0.2) is 0 Å². The first-order valence-corrected chi connectivity index (χ1v) is 6.03. The number of rotatable bonds is 7. The summed E-state index contributed by atoms with van der Waals surface area (Å²) in [6, 6.07) is 0. The fourth-order valence-corrected chi connectivity index (χ4v) is 1.61. The Balaban J connectivity index is 3.38. The van der Waals surface area contributed by atoms with Crippen LogP contribution in [0.3, 0.4) is 0 Å². The van der Waals surface area contributed by atoms with Gasteiger partial charge in [-0.15, -0.1) is 0 Å². The molecule has 0 atom stereocenters. The zero-order valence-corrected chi connectivity index (χ0v) is 11.9. The number of aliphatic hydroxyl groups excluding tert-OH is 1. The van der Waals surface area contributed by atoms with Crippen LogP contribution in [0.2, 0.25) is 0 Å². The van der Waals surface area contributed by atoms with E-state index in [0.717, 1.165) is 0 Å². The van der Waals surface area contributed by atoms with Gasteiger partial charge in [-0.2, -0.15) is 0 Å². The lowest BCUT2D eigenvalue weighted by Gasteiger charge is -2.38. The van der Waals surface area contributed by atoms with E-state index in [1.807, 2.05) is 0 Å². The van der Waals surface area contributed by atoms with Gasteiger partial charge in [0.05, 0.1) is 5.57 Å². The maximum absolute atomic E-state index is 10.0. The predicted octanol–water partition coefficient (Wildman–Crippen LogP) is 4.51. The molecule has 11 heteroatoms. The summed E-state index contributed by atoms with van der Waals surface area (Å²) in [5, 5.41) is 20.2. The highest BCUT2D eigenvalue weighted by molar-refractivity contribution is 5.40. The second kappa shape index (κ2) is 6.96. The number of allylic oxidation sites excluding steroid dienone is 5. The molecule has 1 aliphatic rings. The van der Waals surface area contributed by atoms with Crippen LogP contribution in [0.1, 0.15) is 13.8 Å². The summed E-state index contributed by atoms with van der Waals surface area (Å²) in [6.07, 6.45) is 6.41. The minimum absolute atomic E-state index is 0.199. The van der Waals surface area contributed by atoms with Crippen LogP contribution < -0.4 is 0 Å². The van der Waals surface area contributed by atoms with Crippen molar-refractivity contribution in [2.75, 3.05) is 6.54 Å². The van der Waals surface area contributed by atoms with Gasteiger partial charge in [0.1, 0.15) is 0 Å². The molecule has 22 heavy (non-hydrogen) atoms. The van der Waals surface area contributed by atoms with Gasteiger partial charge in [0.15, 0.2) is 0 Å². The molecule has 0 aromatic heterocycles. The second-order valence-electron chi connectivity index (χ2n) is 4.84. The first-order chi connectivity index (χ1) is 10.4. The van der Waals surface area contributed by atoms with E-state index >= 15 is 0 Å². The highest BCUT2D eigenvalue weighted by atomic mass is 16.6. The number of azide groups is 2. The van der Waals surface area contributed by atoms with Crippen LogP contribution in [0.15, 0.2) is 51.2 Å². The predicted molar refractivity (Wildman–Crippen MR) is 77.8 cm³/mol. The van der Waals surface area contributed by atoms with Crippen molar-refractivity contribution in [1.82, 2.24) is 0 Å². The summed E-state index contributed by atoms with van der Waals surface area (Å²) in [4.78, 5) is 7.84. The van der Waals surface area contributed by atoms with E-state index in [4.69, 9.17) is 21.3 Å². The highest BCUT2D eigenvalue weighted by Gasteiger charge is 2.47. The fourth-order valence-electron chi connectivity index (χ4n) is 1.61. The molecule has 1 N–H and O–H groups in total. The number of hydrogen-bond acceptors (Lipinski definition) is 5. The van der Waals surface area contributed by atoms with Crippen molar-refractivity contribution in [2.45, 2.75) is 19.7 Å². The quantitative estimate of drug-likeness (QED) is 0.315. The zero-order valence-electron chi connectivity index (χ0n) is 11.9. The maximum atomic E-state index is 10.0. The third-order valence-corrected chi connectivity index (χ3v) is 2.92. The standard InChI is InChI=1S/C11H13N9O2/c1-10(2,7-15-18-12)11(16-19-13,17-20-14)22-9(21)8-5-3-4-6-8/h3-6,21H,7H2,1-2H3. The molecule has 0 bridgehead atoms. The van der Waals surface area contributed by atoms with Crippen molar-refractivity contribution in [3.05, 3.63) is 67.2 Å². The lowest BCUT2D eigenvalue weighted by atomic mass is 9.87. The molecule has 0 aromatic rings. The molecule has 0 amide bonds. The molecule has 11 nitrogen and oxygen atoms in total. The van der Waals surface area contributed by atoms with E-state index in [2.05, 4.69) is 30.1 Å². The van der Waals surface area contributed by atoms with Crippen molar-refractivity contribution in [2.24, 2.45) is 20.8 Å². The third kappa shape index (κ3) is 3.44. The Morgan fingerprint density at radius 2 is 1.68 bits per heavy atom. The average Bonchev–Trinajstić information content (AvgIpc) is 2.99. The molecule has 1 aliphatic carbocycles. The Kier molecular flexibility index (Phi) is 5.32. The van der Waals surface area contributed by atoms with E-state index in [9.17, 15) is 5.11 Å². The highest BCUT2D eigenvalue weighted by Crippen LogP contribution is 2.40. The summed E-state index contributed by atoms with van der Waals surface area (Å²) in [5.74, 6) is -2.73. The largest absolute Gasteiger partial charge is 0.481 e. The van der Waals surface area contributed by atoms with Gasteiger partial charge in [-0.05, 0) is 39.0 Å². The Morgan fingerprint density at radius 3 is 2.14 bits per heavy atom. The number of aliphatic hydroxyl groups is 1. The second-order valence-corrected chi connectivity index (χ2v) is 4.84. The Morgan fingerprint density at radius 1 is 1.14 bits per heavy atom. The lowest BCUT2D eigenvalue weighted by Crippen LogP contribution is -2.45. The molecular formula is C11H13N9O2. The molecule has 0 unspecified atom stereocenters. The van der Waals surface area contributed by atoms with Crippen molar-refractivity contribution < 1.29 is 9.84 Å². The van der Waals surface area contributed by atoms with Crippen LogP contribution in [0.25, 0.3) is 31.3 Å². The van der Waals surface area contributed by atoms with Crippen LogP contribution in [0.5, 0.6) is 0 Å². The van der Waals surface area contributed by atoms with E-state index in [1.54, 1.807) is 24.3 Å². The topological polar surface area (TPSA) is 176 Å². The SMILES string of the molecule is CC(C)(CN=[N+]=[N-])C(N=[N+]=[N-])(N=[N+]=[N-])OC(O)=C1C=CC=C1. The van der Waals surface area contributed by atoms with Crippen molar-refractivity contribution in [3.8, 4) is 0 Å². The lowest BCUT2D eigenvalue weighted by molar-refractivity contribution is -0.112. The number of nitrogens with zero attached hydrogens (tertiary/aromatic N) is 9. The van der Waals surface area contributed by atoms with Gasteiger partial charge in [-0.1, -0.05) is 31.1 Å². The molecule has 0 heterocycles. The first kappa shape index (κ1) is 16.8. The van der Waals surface area contributed by atoms with Crippen LogP contribution >= 0.6 is 0 Å². The smallest absolute Gasteiger partial charge is 0.285 e. The van der Waals surface area contributed by atoms with Crippen LogP contribution in [0.4, 0.5) is 0 Å². The summed E-state index contributed by atoms with van der Waals surface area (Å²) in [5.41, 5.74) is 25.1. The molecule has 0 aromatic carbocycles. The Labute approximate surface area is 125 Å². The molecular weight excluding hydrogens is 290 g/mol. The van der Waals surface area contributed by atoms with E-state index in [1.165, 1.54) is 13.8 Å².